The van der Waals surface area contributed by atoms with Crippen molar-refractivity contribution in [1.29, 1.82) is 0 Å². The molecule has 0 aliphatic carbocycles. The number of H-pyrrole nitrogens is 1. The van der Waals surface area contributed by atoms with Crippen LogP contribution < -0.4 is 5.56 Å². The molecule has 3 heterocycles. The minimum absolute atomic E-state index is 0.194. The summed E-state index contributed by atoms with van der Waals surface area (Å²) in [6.45, 7) is 7.24. The first-order chi connectivity index (χ1) is 11.4. The number of aromatic amines is 1. The Morgan fingerprint density at radius 2 is 2.12 bits per heavy atom. The molecule has 1 N–H and O–H groups in total. The van der Waals surface area contributed by atoms with Gasteiger partial charge in [0.05, 0.1) is 5.69 Å². The molecule has 0 unspecified atom stereocenters. The lowest BCUT2D eigenvalue weighted by molar-refractivity contribution is 0.0788. The lowest BCUT2D eigenvalue weighted by atomic mass is 10.1. The largest absolute Gasteiger partial charge is 0.338 e. The van der Waals surface area contributed by atoms with Crippen LogP contribution >= 0.6 is 0 Å². The van der Waals surface area contributed by atoms with Crippen LogP contribution in [-0.4, -0.2) is 38.4 Å². The van der Waals surface area contributed by atoms with Gasteiger partial charge in [0.25, 0.3) is 11.5 Å². The standard InChI is InChI=1S/C18H24N4O2/c1-11(2)15-6-5-14(17(23)20-15)18(24)22-8-7-13(10-22)16-19-12(3)9-21(16)4/h5-6,9,11,13H,7-8,10H2,1-4H3,(H,20,23)/t13-/m0/s1. The van der Waals surface area contributed by atoms with E-state index in [1.807, 2.05) is 44.6 Å². The molecule has 1 saturated heterocycles. The van der Waals surface area contributed by atoms with Crippen molar-refractivity contribution in [2.24, 2.45) is 7.05 Å². The third kappa shape index (κ3) is 3.00. The van der Waals surface area contributed by atoms with Crippen LogP contribution in [0.25, 0.3) is 0 Å². The lowest BCUT2D eigenvalue weighted by Crippen LogP contribution is -2.33. The van der Waals surface area contributed by atoms with Crippen LogP contribution in [0.2, 0.25) is 0 Å². The summed E-state index contributed by atoms with van der Waals surface area (Å²) in [6, 6.07) is 3.48. The number of carbonyl (C=O) groups is 1. The number of carbonyl (C=O) groups excluding carboxylic acids is 1. The van der Waals surface area contributed by atoms with Gasteiger partial charge in [-0.25, -0.2) is 4.98 Å². The van der Waals surface area contributed by atoms with E-state index in [0.717, 1.165) is 23.6 Å². The zero-order valence-electron chi connectivity index (χ0n) is 14.7. The SMILES string of the molecule is Cc1cn(C)c([C@H]2CCN(C(=O)c3ccc(C(C)C)[nH]c3=O)C2)n1. The number of aromatic nitrogens is 3. The number of amides is 1. The molecule has 24 heavy (non-hydrogen) atoms. The highest BCUT2D eigenvalue weighted by Gasteiger charge is 2.31. The Morgan fingerprint density at radius 3 is 2.71 bits per heavy atom. The molecule has 1 aliphatic rings. The van der Waals surface area contributed by atoms with Crippen LogP contribution in [0.5, 0.6) is 0 Å². The molecule has 2 aromatic heterocycles. The number of rotatable bonds is 3. The third-order valence-corrected chi connectivity index (χ3v) is 4.66. The van der Waals surface area contributed by atoms with Gasteiger partial charge in [-0.05, 0) is 31.4 Å². The maximum atomic E-state index is 12.7. The maximum Gasteiger partial charge on any atom is 0.261 e. The van der Waals surface area contributed by atoms with Crippen LogP contribution in [-0.2, 0) is 7.05 Å². The van der Waals surface area contributed by atoms with E-state index >= 15 is 0 Å². The molecule has 1 atom stereocenters. The summed E-state index contributed by atoms with van der Waals surface area (Å²) in [5.41, 5.74) is 1.75. The average molecular weight is 328 g/mol. The van der Waals surface area contributed by atoms with Gasteiger partial charge in [0.1, 0.15) is 11.4 Å². The van der Waals surface area contributed by atoms with Gasteiger partial charge in [0.15, 0.2) is 0 Å². The molecule has 1 aliphatic heterocycles. The minimum Gasteiger partial charge on any atom is -0.338 e. The monoisotopic (exact) mass is 328 g/mol. The van der Waals surface area contributed by atoms with Crippen molar-refractivity contribution < 1.29 is 4.79 Å². The van der Waals surface area contributed by atoms with Gasteiger partial charge in [0.2, 0.25) is 0 Å². The molecule has 6 nitrogen and oxygen atoms in total. The van der Waals surface area contributed by atoms with Gasteiger partial charge in [-0.2, -0.15) is 0 Å². The van der Waals surface area contributed by atoms with E-state index in [-0.39, 0.29) is 28.9 Å². The van der Waals surface area contributed by atoms with Gasteiger partial charge in [-0.1, -0.05) is 13.8 Å². The predicted octanol–water partition coefficient (Wildman–Crippen LogP) is 2.17. The molecule has 0 aromatic carbocycles. The van der Waals surface area contributed by atoms with E-state index in [0.29, 0.717) is 13.1 Å². The first-order valence-corrected chi connectivity index (χ1v) is 8.39. The topological polar surface area (TPSA) is 71.0 Å². The van der Waals surface area contributed by atoms with E-state index in [4.69, 9.17) is 0 Å². The van der Waals surface area contributed by atoms with Crippen molar-refractivity contribution in [3.8, 4) is 0 Å². The Morgan fingerprint density at radius 1 is 1.38 bits per heavy atom. The average Bonchev–Trinajstić information content (AvgIpc) is 3.12. The fourth-order valence-electron chi connectivity index (χ4n) is 3.33. The molecule has 1 fully saturated rings. The van der Waals surface area contributed by atoms with E-state index in [1.54, 1.807) is 11.0 Å². The number of likely N-dealkylation sites (tertiary alicyclic amines) is 1. The molecule has 0 bridgehead atoms. The molecule has 0 saturated carbocycles. The fourth-order valence-corrected chi connectivity index (χ4v) is 3.33. The molecule has 3 rings (SSSR count). The van der Waals surface area contributed by atoms with Crippen LogP contribution in [0.3, 0.4) is 0 Å². The number of hydrogen-bond donors (Lipinski definition) is 1. The number of pyridine rings is 1. The highest BCUT2D eigenvalue weighted by Crippen LogP contribution is 2.27. The zero-order valence-corrected chi connectivity index (χ0v) is 14.7. The highest BCUT2D eigenvalue weighted by molar-refractivity contribution is 5.94. The Bertz CT molecular complexity index is 819. The third-order valence-electron chi connectivity index (χ3n) is 4.66. The van der Waals surface area contributed by atoms with Gasteiger partial charge in [-0.3, -0.25) is 9.59 Å². The van der Waals surface area contributed by atoms with Gasteiger partial charge in [-0.15, -0.1) is 0 Å². The number of aryl methyl sites for hydroxylation is 2. The summed E-state index contributed by atoms with van der Waals surface area (Å²) in [4.78, 5) is 34.1. The molecule has 2 aromatic rings. The Labute approximate surface area is 141 Å². The molecule has 128 valence electrons. The molecule has 1 amide bonds. The van der Waals surface area contributed by atoms with Crippen molar-refractivity contribution in [3.05, 3.63) is 51.5 Å². The first-order valence-electron chi connectivity index (χ1n) is 8.39. The van der Waals surface area contributed by atoms with Crippen LogP contribution in [0, 0.1) is 6.92 Å². The number of nitrogens with one attached hydrogen (secondary N) is 1. The Hall–Kier alpha value is -2.37. The second-order valence-electron chi connectivity index (χ2n) is 6.90. The predicted molar refractivity (Wildman–Crippen MR) is 92.4 cm³/mol. The van der Waals surface area contributed by atoms with E-state index in [9.17, 15) is 9.59 Å². The van der Waals surface area contributed by atoms with E-state index in [1.165, 1.54) is 0 Å². The van der Waals surface area contributed by atoms with E-state index < -0.39 is 0 Å². The normalized spacial score (nSPS) is 17.7. The molecular formula is C18H24N4O2. The fraction of sp³-hybridized carbons (Fsp3) is 0.500. The van der Waals surface area contributed by atoms with E-state index in [2.05, 4.69) is 9.97 Å². The Balaban J connectivity index is 1.77. The van der Waals surface area contributed by atoms with Crippen LogP contribution in [0.1, 0.15) is 59.7 Å². The van der Waals surface area contributed by atoms with Gasteiger partial charge in [0, 0.05) is 37.9 Å². The summed E-state index contributed by atoms with van der Waals surface area (Å²) >= 11 is 0. The van der Waals surface area contributed by atoms with Crippen LogP contribution in [0.15, 0.2) is 23.1 Å². The highest BCUT2D eigenvalue weighted by atomic mass is 16.2. The van der Waals surface area contributed by atoms with Crippen LogP contribution in [0.4, 0.5) is 0 Å². The summed E-state index contributed by atoms with van der Waals surface area (Å²) in [7, 11) is 1.98. The number of imidazole rings is 1. The Kier molecular flexibility index (Phi) is 4.30. The second-order valence-corrected chi connectivity index (χ2v) is 6.90. The van der Waals surface area contributed by atoms with Crippen molar-refractivity contribution in [2.45, 2.75) is 39.0 Å². The van der Waals surface area contributed by atoms with Gasteiger partial charge < -0.3 is 14.5 Å². The zero-order chi connectivity index (χ0) is 17.4. The van der Waals surface area contributed by atoms with Gasteiger partial charge >= 0.3 is 0 Å². The van der Waals surface area contributed by atoms with Crippen molar-refractivity contribution in [1.82, 2.24) is 19.4 Å². The van der Waals surface area contributed by atoms with Crippen molar-refractivity contribution in [3.63, 3.8) is 0 Å². The first kappa shape index (κ1) is 16.5. The molecule has 0 spiro atoms. The summed E-state index contributed by atoms with van der Waals surface area (Å²) < 4.78 is 2.03. The minimum atomic E-state index is -0.303. The van der Waals surface area contributed by atoms with Crippen molar-refractivity contribution in [2.75, 3.05) is 13.1 Å². The molecule has 6 heteroatoms. The second kappa shape index (κ2) is 6.26. The summed E-state index contributed by atoms with van der Waals surface area (Å²) in [5, 5.41) is 0. The summed E-state index contributed by atoms with van der Waals surface area (Å²) in [6.07, 6.45) is 2.87. The molecule has 0 radical (unpaired) electrons. The molecular weight excluding hydrogens is 304 g/mol. The van der Waals surface area contributed by atoms with Crippen molar-refractivity contribution >= 4 is 5.91 Å². The summed E-state index contributed by atoms with van der Waals surface area (Å²) in [5.74, 6) is 1.26. The quantitative estimate of drug-likeness (QED) is 0.938. The smallest absolute Gasteiger partial charge is 0.261 e. The number of nitrogens with zero attached hydrogens (tertiary/aromatic N) is 3. The number of hydrogen-bond acceptors (Lipinski definition) is 3. The lowest BCUT2D eigenvalue weighted by Gasteiger charge is -2.16. The maximum absolute atomic E-state index is 12.7.